The molecule has 1 unspecified atom stereocenters. The second-order valence-corrected chi connectivity index (χ2v) is 4.07. The SMILES string of the molecule is CCCc1cc(C(C)C(=O)OC)ccc1OC. The lowest BCUT2D eigenvalue weighted by Crippen LogP contribution is -2.11. The molecule has 0 fully saturated rings. The standard InChI is InChI=1S/C14H20O3/c1-5-6-12-9-11(7-8-13(12)16-3)10(2)14(15)17-4/h7-10H,5-6H2,1-4H3. The molecule has 0 saturated heterocycles. The first kappa shape index (κ1) is 13.6. The van der Waals surface area contributed by atoms with Crippen LogP contribution in [0.15, 0.2) is 18.2 Å². The number of esters is 1. The molecular weight excluding hydrogens is 216 g/mol. The van der Waals surface area contributed by atoms with E-state index in [2.05, 4.69) is 6.92 Å². The molecule has 94 valence electrons. The Kier molecular flexibility index (Phi) is 5.01. The van der Waals surface area contributed by atoms with Crippen LogP contribution < -0.4 is 4.74 Å². The Balaban J connectivity index is 3.02. The monoisotopic (exact) mass is 236 g/mol. The van der Waals surface area contributed by atoms with Crippen LogP contribution in [0.4, 0.5) is 0 Å². The van der Waals surface area contributed by atoms with Gasteiger partial charge in [-0.25, -0.2) is 0 Å². The Morgan fingerprint density at radius 3 is 2.59 bits per heavy atom. The van der Waals surface area contributed by atoms with Crippen molar-refractivity contribution in [3.05, 3.63) is 29.3 Å². The van der Waals surface area contributed by atoms with Crippen molar-refractivity contribution in [2.45, 2.75) is 32.6 Å². The summed E-state index contributed by atoms with van der Waals surface area (Å²) >= 11 is 0. The average Bonchev–Trinajstić information content (AvgIpc) is 2.37. The highest BCUT2D eigenvalue weighted by Gasteiger charge is 2.16. The third-order valence-corrected chi connectivity index (χ3v) is 2.88. The molecule has 17 heavy (non-hydrogen) atoms. The van der Waals surface area contributed by atoms with Gasteiger partial charge in [0.05, 0.1) is 20.1 Å². The van der Waals surface area contributed by atoms with Gasteiger partial charge in [0, 0.05) is 0 Å². The van der Waals surface area contributed by atoms with Crippen molar-refractivity contribution < 1.29 is 14.3 Å². The van der Waals surface area contributed by atoms with Crippen LogP contribution in [0.1, 0.15) is 37.3 Å². The van der Waals surface area contributed by atoms with Gasteiger partial charge in [0.15, 0.2) is 0 Å². The second-order valence-electron chi connectivity index (χ2n) is 4.07. The lowest BCUT2D eigenvalue weighted by atomic mass is 9.97. The van der Waals surface area contributed by atoms with E-state index in [0.717, 1.165) is 29.7 Å². The Morgan fingerprint density at radius 1 is 1.35 bits per heavy atom. The number of carbonyl (C=O) groups excluding carboxylic acids is 1. The fourth-order valence-corrected chi connectivity index (χ4v) is 1.85. The summed E-state index contributed by atoms with van der Waals surface area (Å²) in [7, 11) is 3.08. The summed E-state index contributed by atoms with van der Waals surface area (Å²) < 4.78 is 10.1. The molecule has 0 N–H and O–H groups in total. The molecule has 1 aromatic carbocycles. The van der Waals surface area contributed by atoms with Crippen LogP contribution in [0.3, 0.4) is 0 Å². The molecule has 3 nitrogen and oxygen atoms in total. The molecular formula is C14H20O3. The molecule has 0 bridgehead atoms. The zero-order valence-corrected chi connectivity index (χ0v) is 10.9. The summed E-state index contributed by atoms with van der Waals surface area (Å²) in [6.45, 7) is 3.97. The van der Waals surface area contributed by atoms with Crippen LogP contribution in [0.25, 0.3) is 0 Å². The fourth-order valence-electron chi connectivity index (χ4n) is 1.85. The zero-order valence-electron chi connectivity index (χ0n) is 10.9. The van der Waals surface area contributed by atoms with Crippen LogP contribution >= 0.6 is 0 Å². The fraction of sp³-hybridized carbons (Fsp3) is 0.500. The molecule has 0 aliphatic rings. The summed E-state index contributed by atoms with van der Waals surface area (Å²) in [5, 5.41) is 0. The van der Waals surface area contributed by atoms with E-state index < -0.39 is 0 Å². The molecule has 1 rings (SSSR count). The van der Waals surface area contributed by atoms with Crippen molar-refractivity contribution in [3.63, 3.8) is 0 Å². The first-order valence-corrected chi connectivity index (χ1v) is 5.88. The summed E-state index contributed by atoms with van der Waals surface area (Å²) in [5.41, 5.74) is 2.12. The van der Waals surface area contributed by atoms with E-state index in [4.69, 9.17) is 9.47 Å². The molecule has 0 saturated carbocycles. The Bertz CT molecular complexity index is 385. The molecule has 1 atom stereocenters. The number of rotatable bonds is 5. The Labute approximate surface area is 103 Å². The number of benzene rings is 1. The van der Waals surface area contributed by atoms with E-state index in [0.29, 0.717) is 0 Å². The van der Waals surface area contributed by atoms with Gasteiger partial charge in [-0.2, -0.15) is 0 Å². The summed E-state index contributed by atoms with van der Waals surface area (Å²) in [5.74, 6) is 0.437. The minimum absolute atomic E-state index is 0.211. The van der Waals surface area contributed by atoms with E-state index in [9.17, 15) is 4.79 Å². The largest absolute Gasteiger partial charge is 0.496 e. The summed E-state index contributed by atoms with van der Waals surface area (Å²) in [4.78, 5) is 11.5. The van der Waals surface area contributed by atoms with Gasteiger partial charge in [-0.05, 0) is 30.5 Å². The topological polar surface area (TPSA) is 35.5 Å². The van der Waals surface area contributed by atoms with Crippen LogP contribution in [0, 0.1) is 0 Å². The van der Waals surface area contributed by atoms with Gasteiger partial charge in [0.25, 0.3) is 0 Å². The van der Waals surface area contributed by atoms with Crippen molar-refractivity contribution >= 4 is 5.97 Å². The predicted molar refractivity (Wildman–Crippen MR) is 67.4 cm³/mol. The molecule has 0 spiro atoms. The number of ether oxygens (including phenoxy) is 2. The highest BCUT2D eigenvalue weighted by molar-refractivity contribution is 5.77. The lowest BCUT2D eigenvalue weighted by molar-refractivity contribution is -0.141. The van der Waals surface area contributed by atoms with Crippen LogP contribution in [0.2, 0.25) is 0 Å². The van der Waals surface area contributed by atoms with Crippen molar-refractivity contribution in [3.8, 4) is 5.75 Å². The lowest BCUT2D eigenvalue weighted by Gasteiger charge is -2.13. The van der Waals surface area contributed by atoms with E-state index in [-0.39, 0.29) is 11.9 Å². The van der Waals surface area contributed by atoms with Crippen LogP contribution in [-0.4, -0.2) is 20.2 Å². The van der Waals surface area contributed by atoms with Gasteiger partial charge in [-0.3, -0.25) is 4.79 Å². The van der Waals surface area contributed by atoms with Crippen molar-refractivity contribution in [1.82, 2.24) is 0 Å². The van der Waals surface area contributed by atoms with E-state index in [1.165, 1.54) is 7.11 Å². The zero-order chi connectivity index (χ0) is 12.8. The molecule has 0 heterocycles. The molecule has 1 aromatic rings. The maximum atomic E-state index is 11.5. The Hall–Kier alpha value is -1.51. The van der Waals surface area contributed by atoms with Gasteiger partial charge in [-0.1, -0.05) is 25.5 Å². The summed E-state index contributed by atoms with van der Waals surface area (Å²) in [6, 6.07) is 5.86. The van der Waals surface area contributed by atoms with Crippen molar-refractivity contribution in [2.24, 2.45) is 0 Å². The minimum atomic E-state index is -0.235. The van der Waals surface area contributed by atoms with E-state index in [1.807, 2.05) is 25.1 Å². The maximum absolute atomic E-state index is 11.5. The first-order chi connectivity index (χ1) is 8.13. The molecule has 0 aromatic heterocycles. The number of aryl methyl sites for hydroxylation is 1. The van der Waals surface area contributed by atoms with Gasteiger partial charge >= 0.3 is 5.97 Å². The smallest absolute Gasteiger partial charge is 0.312 e. The normalized spacial score (nSPS) is 12.0. The average molecular weight is 236 g/mol. The number of hydrogen-bond donors (Lipinski definition) is 0. The van der Waals surface area contributed by atoms with Crippen LogP contribution in [-0.2, 0) is 16.0 Å². The second kappa shape index (κ2) is 6.28. The van der Waals surface area contributed by atoms with Crippen molar-refractivity contribution in [1.29, 1.82) is 0 Å². The number of carbonyl (C=O) groups is 1. The van der Waals surface area contributed by atoms with Crippen LogP contribution in [0.5, 0.6) is 5.75 Å². The third-order valence-electron chi connectivity index (χ3n) is 2.88. The highest BCUT2D eigenvalue weighted by Crippen LogP contribution is 2.26. The van der Waals surface area contributed by atoms with Crippen molar-refractivity contribution in [2.75, 3.05) is 14.2 Å². The van der Waals surface area contributed by atoms with Gasteiger partial charge in [-0.15, -0.1) is 0 Å². The molecule has 3 heteroatoms. The number of hydrogen-bond acceptors (Lipinski definition) is 3. The molecule has 0 amide bonds. The third kappa shape index (κ3) is 3.22. The molecule has 0 aliphatic carbocycles. The Morgan fingerprint density at radius 2 is 2.06 bits per heavy atom. The quantitative estimate of drug-likeness (QED) is 0.737. The van der Waals surface area contributed by atoms with Gasteiger partial charge in [0.1, 0.15) is 5.75 Å². The first-order valence-electron chi connectivity index (χ1n) is 5.88. The minimum Gasteiger partial charge on any atom is -0.496 e. The van der Waals surface area contributed by atoms with E-state index in [1.54, 1.807) is 7.11 Å². The van der Waals surface area contributed by atoms with Gasteiger partial charge in [0.2, 0.25) is 0 Å². The van der Waals surface area contributed by atoms with Gasteiger partial charge < -0.3 is 9.47 Å². The predicted octanol–water partition coefficient (Wildman–Crippen LogP) is 2.92. The molecule has 0 radical (unpaired) electrons. The summed E-state index contributed by atoms with van der Waals surface area (Å²) in [6.07, 6.45) is 2.00. The molecule has 0 aliphatic heterocycles. The number of methoxy groups -OCH3 is 2. The highest BCUT2D eigenvalue weighted by atomic mass is 16.5. The van der Waals surface area contributed by atoms with E-state index >= 15 is 0 Å². The maximum Gasteiger partial charge on any atom is 0.312 e.